The molecule has 0 bridgehead atoms. The molecule has 0 unspecified atom stereocenters. The van der Waals surface area contributed by atoms with Gasteiger partial charge in [-0.2, -0.15) is 5.26 Å². The molecule has 0 fully saturated rings. The minimum Gasteiger partial charge on any atom is -0.244 e. The third-order valence-corrected chi connectivity index (χ3v) is 9.30. The van der Waals surface area contributed by atoms with Gasteiger partial charge in [-0.1, -0.05) is 133 Å². The van der Waals surface area contributed by atoms with Gasteiger partial charge in [-0.15, -0.1) is 0 Å². The molecule has 9 aromatic rings. The van der Waals surface area contributed by atoms with Crippen LogP contribution < -0.4 is 0 Å². The molecule has 2 aromatic heterocycles. The van der Waals surface area contributed by atoms with E-state index in [1.54, 1.807) is 0 Å². The number of pyridine rings is 1. The maximum Gasteiger partial charge on any atom is 0.179 e. The predicted octanol–water partition coefficient (Wildman–Crippen LogP) is 11.5. The first-order chi connectivity index (χ1) is 24.7. The SMILES string of the molecule is N#Cc1ccc(-c2c3ccccc3c(-c3cccc(-c4cc(-c5ccccc5)nc(-c5ccc6ccccc6n5)n4)c3)c3ccccc23)cc1. The molecular weight excluding hydrogens is 609 g/mol. The van der Waals surface area contributed by atoms with Crippen molar-refractivity contribution in [3.8, 4) is 62.4 Å². The van der Waals surface area contributed by atoms with E-state index in [0.717, 1.165) is 77.3 Å². The number of benzene rings is 7. The van der Waals surface area contributed by atoms with Crippen molar-refractivity contribution in [1.29, 1.82) is 5.26 Å². The van der Waals surface area contributed by atoms with Crippen molar-refractivity contribution in [2.24, 2.45) is 0 Å². The van der Waals surface area contributed by atoms with Crippen molar-refractivity contribution in [3.05, 3.63) is 175 Å². The van der Waals surface area contributed by atoms with Gasteiger partial charge in [-0.25, -0.2) is 15.0 Å². The van der Waals surface area contributed by atoms with Crippen LogP contribution in [0.4, 0.5) is 0 Å². The van der Waals surface area contributed by atoms with Crippen molar-refractivity contribution in [2.45, 2.75) is 0 Å². The smallest absolute Gasteiger partial charge is 0.179 e. The summed E-state index contributed by atoms with van der Waals surface area (Å²) in [4.78, 5) is 15.1. The lowest BCUT2D eigenvalue weighted by atomic mass is 9.85. The first-order valence-electron chi connectivity index (χ1n) is 16.6. The number of hydrogen-bond acceptors (Lipinski definition) is 4. The number of fused-ring (bicyclic) bond motifs is 3. The zero-order chi connectivity index (χ0) is 33.4. The molecule has 50 heavy (non-hydrogen) atoms. The van der Waals surface area contributed by atoms with Crippen LogP contribution in [-0.4, -0.2) is 15.0 Å². The fourth-order valence-corrected chi connectivity index (χ4v) is 6.95. The van der Waals surface area contributed by atoms with Gasteiger partial charge in [0.15, 0.2) is 5.82 Å². The molecule has 0 saturated carbocycles. The first-order valence-corrected chi connectivity index (χ1v) is 16.6. The second kappa shape index (κ2) is 12.2. The predicted molar refractivity (Wildman–Crippen MR) is 204 cm³/mol. The Morgan fingerprint density at radius 2 is 0.940 bits per heavy atom. The average molecular weight is 637 g/mol. The third kappa shape index (κ3) is 5.15. The van der Waals surface area contributed by atoms with E-state index >= 15 is 0 Å². The van der Waals surface area contributed by atoms with Gasteiger partial charge >= 0.3 is 0 Å². The van der Waals surface area contributed by atoms with E-state index in [9.17, 15) is 5.26 Å². The first kappa shape index (κ1) is 29.2. The van der Waals surface area contributed by atoms with Crippen LogP contribution in [0.2, 0.25) is 0 Å². The summed E-state index contributed by atoms with van der Waals surface area (Å²) in [7, 11) is 0. The van der Waals surface area contributed by atoms with Gasteiger partial charge in [0.1, 0.15) is 5.69 Å². The van der Waals surface area contributed by atoms with Crippen molar-refractivity contribution in [2.75, 3.05) is 0 Å². The summed E-state index contributed by atoms with van der Waals surface area (Å²) in [6, 6.07) is 60.5. The van der Waals surface area contributed by atoms with Crippen LogP contribution in [0.25, 0.3) is 88.7 Å². The van der Waals surface area contributed by atoms with Crippen LogP contribution in [-0.2, 0) is 0 Å². The summed E-state index contributed by atoms with van der Waals surface area (Å²) in [5.41, 5.74) is 10.5. The molecule has 232 valence electrons. The van der Waals surface area contributed by atoms with E-state index in [0.29, 0.717) is 11.4 Å². The van der Waals surface area contributed by atoms with Crippen molar-refractivity contribution in [1.82, 2.24) is 15.0 Å². The quantitative estimate of drug-likeness (QED) is 0.176. The molecule has 0 spiro atoms. The van der Waals surface area contributed by atoms with Crippen LogP contribution in [0, 0.1) is 11.3 Å². The summed E-state index contributed by atoms with van der Waals surface area (Å²) in [6.45, 7) is 0. The Hall–Kier alpha value is -6.96. The average Bonchev–Trinajstić information content (AvgIpc) is 3.20. The van der Waals surface area contributed by atoms with Gasteiger partial charge in [-0.3, -0.25) is 0 Å². The second-order valence-electron chi connectivity index (χ2n) is 12.3. The number of para-hydroxylation sites is 1. The molecule has 2 heterocycles. The summed E-state index contributed by atoms with van der Waals surface area (Å²) < 4.78 is 0. The minimum absolute atomic E-state index is 0.583. The number of aromatic nitrogens is 3. The highest BCUT2D eigenvalue weighted by Gasteiger charge is 2.18. The molecule has 0 radical (unpaired) electrons. The summed E-state index contributed by atoms with van der Waals surface area (Å²) in [5, 5.41) is 15.2. The number of hydrogen-bond donors (Lipinski definition) is 0. The zero-order valence-corrected chi connectivity index (χ0v) is 27.0. The molecule has 0 aliphatic rings. The van der Waals surface area contributed by atoms with Gasteiger partial charge in [0.05, 0.1) is 28.5 Å². The molecular formula is C46H28N4. The highest BCUT2D eigenvalue weighted by molar-refractivity contribution is 6.21. The minimum atomic E-state index is 0.583. The molecule has 4 heteroatoms. The van der Waals surface area contributed by atoms with E-state index in [1.165, 1.54) is 5.56 Å². The highest BCUT2D eigenvalue weighted by Crippen LogP contribution is 2.44. The Labute approximate surface area is 289 Å². The Morgan fingerprint density at radius 1 is 0.380 bits per heavy atom. The van der Waals surface area contributed by atoms with Crippen LogP contribution in [0.1, 0.15) is 5.56 Å². The fourth-order valence-electron chi connectivity index (χ4n) is 6.95. The standard InChI is InChI=1S/C46H28N4/c47-29-30-21-23-33(24-22-30)44-36-16-5-7-18-38(36)45(39-19-8-6-17-37(39)44)35-15-10-14-34(27-35)43-28-42(31-11-2-1-3-12-31)49-46(50-43)41-26-25-32-13-4-9-20-40(32)48-41/h1-28H. The molecule has 0 aliphatic heterocycles. The second-order valence-corrected chi connectivity index (χ2v) is 12.3. The van der Waals surface area contributed by atoms with E-state index in [-0.39, 0.29) is 0 Å². The third-order valence-electron chi connectivity index (χ3n) is 9.30. The molecule has 9 rings (SSSR count). The van der Waals surface area contributed by atoms with E-state index in [1.807, 2.05) is 54.6 Å². The molecule has 0 aliphatic carbocycles. The largest absolute Gasteiger partial charge is 0.244 e. The van der Waals surface area contributed by atoms with Crippen molar-refractivity contribution < 1.29 is 0 Å². The van der Waals surface area contributed by atoms with E-state index in [4.69, 9.17) is 15.0 Å². The van der Waals surface area contributed by atoms with Gasteiger partial charge in [0.2, 0.25) is 0 Å². The van der Waals surface area contributed by atoms with Crippen LogP contribution in [0.5, 0.6) is 0 Å². The molecule has 0 N–H and O–H groups in total. The normalized spacial score (nSPS) is 11.2. The van der Waals surface area contributed by atoms with Crippen molar-refractivity contribution >= 4 is 32.4 Å². The van der Waals surface area contributed by atoms with Crippen LogP contribution >= 0.6 is 0 Å². The van der Waals surface area contributed by atoms with Crippen molar-refractivity contribution in [3.63, 3.8) is 0 Å². The molecule has 0 saturated heterocycles. The summed E-state index contributed by atoms with van der Waals surface area (Å²) >= 11 is 0. The maximum absolute atomic E-state index is 9.43. The Bertz CT molecular complexity index is 2700. The van der Waals surface area contributed by atoms with Gasteiger partial charge in [0.25, 0.3) is 0 Å². The Morgan fingerprint density at radius 3 is 1.62 bits per heavy atom. The number of nitriles is 1. The van der Waals surface area contributed by atoms with E-state index < -0.39 is 0 Å². The molecule has 4 nitrogen and oxygen atoms in total. The monoisotopic (exact) mass is 636 g/mol. The lowest BCUT2D eigenvalue weighted by molar-refractivity contribution is 1.16. The molecule has 0 amide bonds. The molecule has 0 atom stereocenters. The van der Waals surface area contributed by atoms with Gasteiger partial charge in [0, 0.05) is 16.5 Å². The fraction of sp³-hybridized carbons (Fsp3) is 0. The Kier molecular flexibility index (Phi) is 7.15. The van der Waals surface area contributed by atoms with Crippen LogP contribution in [0.3, 0.4) is 0 Å². The number of rotatable bonds is 5. The Balaban J connectivity index is 1.25. The highest BCUT2D eigenvalue weighted by atomic mass is 14.9. The summed E-state index contributed by atoms with van der Waals surface area (Å²) in [6.07, 6.45) is 0. The van der Waals surface area contributed by atoms with Gasteiger partial charge in [-0.05, 0) is 80.2 Å². The summed E-state index contributed by atoms with van der Waals surface area (Å²) in [5.74, 6) is 0.583. The molecule has 7 aromatic carbocycles. The van der Waals surface area contributed by atoms with Gasteiger partial charge < -0.3 is 0 Å². The lowest BCUT2D eigenvalue weighted by Gasteiger charge is -2.18. The zero-order valence-electron chi connectivity index (χ0n) is 27.0. The van der Waals surface area contributed by atoms with Crippen LogP contribution in [0.15, 0.2) is 170 Å². The number of nitrogens with zero attached hydrogens (tertiary/aromatic N) is 4. The maximum atomic E-state index is 9.43. The van der Waals surface area contributed by atoms with E-state index in [2.05, 4.69) is 121 Å². The topological polar surface area (TPSA) is 62.5 Å². The lowest BCUT2D eigenvalue weighted by Crippen LogP contribution is -1.98.